The predicted octanol–water partition coefficient (Wildman–Crippen LogP) is 4.50. The van der Waals surface area contributed by atoms with Gasteiger partial charge in [-0.25, -0.2) is 18.7 Å². The predicted molar refractivity (Wildman–Crippen MR) is 99.9 cm³/mol. The van der Waals surface area contributed by atoms with Crippen molar-refractivity contribution in [1.82, 2.24) is 9.97 Å². The molecule has 3 aromatic rings. The van der Waals surface area contributed by atoms with Crippen LogP contribution in [0.15, 0.2) is 23.2 Å². The van der Waals surface area contributed by atoms with E-state index in [-0.39, 0.29) is 17.3 Å². The van der Waals surface area contributed by atoms with Gasteiger partial charge in [0, 0.05) is 22.0 Å². The highest BCUT2D eigenvalue weighted by Gasteiger charge is 2.22. The first-order valence-electron chi connectivity index (χ1n) is 8.18. The van der Waals surface area contributed by atoms with Crippen LogP contribution >= 0.6 is 23.1 Å². The van der Waals surface area contributed by atoms with Crippen molar-refractivity contribution in [3.63, 3.8) is 0 Å². The molecule has 0 radical (unpaired) electrons. The smallest absolute Gasteiger partial charge is 0.234 e. The number of carbonyl (C=O) groups is 1. The zero-order chi connectivity index (χ0) is 18.3. The number of thiophene rings is 1. The molecule has 0 unspecified atom stereocenters. The van der Waals surface area contributed by atoms with Crippen molar-refractivity contribution in [2.45, 2.75) is 31.2 Å². The van der Waals surface area contributed by atoms with Gasteiger partial charge in [0.2, 0.25) is 5.91 Å². The second-order valence-corrected chi connectivity index (χ2v) is 8.13. The van der Waals surface area contributed by atoms with Crippen LogP contribution in [0.2, 0.25) is 0 Å². The summed E-state index contributed by atoms with van der Waals surface area (Å²) in [4.78, 5) is 23.6. The molecule has 0 saturated carbocycles. The summed E-state index contributed by atoms with van der Waals surface area (Å²) >= 11 is 3.06. The molecule has 4 nitrogen and oxygen atoms in total. The number of amides is 1. The van der Waals surface area contributed by atoms with Gasteiger partial charge in [-0.05, 0) is 43.9 Å². The van der Waals surface area contributed by atoms with Gasteiger partial charge in [0.15, 0.2) is 11.6 Å². The molecule has 2 heterocycles. The Morgan fingerprint density at radius 1 is 1.27 bits per heavy atom. The highest BCUT2D eigenvalue weighted by atomic mass is 32.2. The van der Waals surface area contributed by atoms with E-state index >= 15 is 0 Å². The van der Waals surface area contributed by atoms with E-state index in [1.807, 2.05) is 6.92 Å². The summed E-state index contributed by atoms with van der Waals surface area (Å²) in [6.45, 7) is 1.84. The van der Waals surface area contributed by atoms with Crippen LogP contribution in [0.4, 0.5) is 14.5 Å². The number of hydrogen-bond acceptors (Lipinski definition) is 5. The van der Waals surface area contributed by atoms with E-state index in [9.17, 15) is 13.6 Å². The second-order valence-electron chi connectivity index (χ2n) is 6.08. The first kappa shape index (κ1) is 17.4. The number of rotatable bonds is 4. The van der Waals surface area contributed by atoms with Crippen molar-refractivity contribution in [3.8, 4) is 0 Å². The van der Waals surface area contributed by atoms with Crippen LogP contribution in [0.3, 0.4) is 0 Å². The number of anilines is 1. The molecule has 1 aliphatic carbocycles. The Bertz CT molecular complexity index is 1020. The Labute approximate surface area is 157 Å². The van der Waals surface area contributed by atoms with Crippen LogP contribution in [-0.4, -0.2) is 21.6 Å². The minimum atomic E-state index is -0.988. The van der Waals surface area contributed by atoms with E-state index in [4.69, 9.17) is 0 Å². The van der Waals surface area contributed by atoms with E-state index in [0.29, 0.717) is 5.82 Å². The normalized spacial score (nSPS) is 13.2. The molecule has 1 aliphatic rings. The lowest BCUT2D eigenvalue weighted by Crippen LogP contribution is -2.14. The number of halogens is 2. The Balaban J connectivity index is 1.52. The lowest BCUT2D eigenvalue weighted by Gasteiger charge is -2.07. The van der Waals surface area contributed by atoms with Gasteiger partial charge in [-0.15, -0.1) is 11.3 Å². The zero-order valence-electron chi connectivity index (χ0n) is 13.9. The average Bonchev–Trinajstić information content (AvgIpc) is 3.16. The summed E-state index contributed by atoms with van der Waals surface area (Å²) in [6.07, 6.45) is 3.25. The maximum Gasteiger partial charge on any atom is 0.234 e. The number of aromatic nitrogens is 2. The van der Waals surface area contributed by atoms with Crippen LogP contribution in [-0.2, 0) is 17.6 Å². The summed E-state index contributed by atoms with van der Waals surface area (Å²) < 4.78 is 26.2. The number of nitrogens with zero attached hydrogens (tertiary/aromatic N) is 2. The largest absolute Gasteiger partial charge is 0.325 e. The highest BCUT2D eigenvalue weighted by molar-refractivity contribution is 8.00. The van der Waals surface area contributed by atoms with Crippen molar-refractivity contribution in [2.24, 2.45) is 0 Å². The molecule has 1 aromatic carbocycles. The number of hydrogen-bond donors (Lipinski definition) is 1. The van der Waals surface area contributed by atoms with Crippen molar-refractivity contribution >= 4 is 44.9 Å². The molecule has 0 aliphatic heterocycles. The fourth-order valence-electron chi connectivity index (χ4n) is 3.07. The standard InChI is InChI=1S/C18H15F2N3OS2/c1-9-21-17(16-11-3-2-4-14(11)26-18(16)22-9)25-8-15(24)23-10-5-6-12(19)13(20)7-10/h5-7H,2-4,8H2,1H3,(H,23,24). The van der Waals surface area contributed by atoms with Gasteiger partial charge in [0.05, 0.1) is 5.75 Å². The molecule has 0 fully saturated rings. The van der Waals surface area contributed by atoms with Gasteiger partial charge in [0.25, 0.3) is 0 Å². The van der Waals surface area contributed by atoms with Crippen LogP contribution in [0.1, 0.15) is 22.7 Å². The Hall–Kier alpha value is -2.06. The minimum absolute atomic E-state index is 0.134. The van der Waals surface area contributed by atoms with E-state index in [1.165, 1.54) is 28.3 Å². The maximum atomic E-state index is 13.2. The number of benzene rings is 1. The number of carbonyl (C=O) groups excluding carboxylic acids is 1. The number of aryl methyl sites for hydroxylation is 3. The topological polar surface area (TPSA) is 54.9 Å². The fourth-order valence-corrected chi connectivity index (χ4v) is 5.35. The molecule has 4 rings (SSSR count). The lowest BCUT2D eigenvalue weighted by atomic mass is 10.2. The molecule has 0 spiro atoms. The van der Waals surface area contributed by atoms with Gasteiger partial charge in [0.1, 0.15) is 15.7 Å². The molecule has 0 saturated heterocycles. The van der Waals surface area contributed by atoms with Crippen LogP contribution < -0.4 is 5.32 Å². The molecule has 0 bridgehead atoms. The minimum Gasteiger partial charge on any atom is -0.325 e. The number of thioether (sulfide) groups is 1. The third-order valence-corrected chi connectivity index (χ3v) is 6.35. The number of fused-ring (bicyclic) bond motifs is 3. The fraction of sp³-hybridized carbons (Fsp3) is 0.278. The average molecular weight is 391 g/mol. The summed E-state index contributed by atoms with van der Waals surface area (Å²) in [5, 5.41) is 4.46. The Morgan fingerprint density at radius 2 is 2.12 bits per heavy atom. The summed E-state index contributed by atoms with van der Waals surface area (Å²) in [5.74, 6) is -1.41. The SMILES string of the molecule is Cc1nc(SCC(=O)Nc2ccc(F)c(F)c2)c2c3c(sc2n1)CCC3. The lowest BCUT2D eigenvalue weighted by molar-refractivity contribution is -0.113. The quantitative estimate of drug-likeness (QED) is 0.526. The molecule has 2 aromatic heterocycles. The third kappa shape index (κ3) is 3.31. The second kappa shape index (κ2) is 6.92. The monoisotopic (exact) mass is 391 g/mol. The Kier molecular flexibility index (Phi) is 4.62. The van der Waals surface area contributed by atoms with Crippen molar-refractivity contribution in [1.29, 1.82) is 0 Å². The van der Waals surface area contributed by atoms with Gasteiger partial charge in [-0.1, -0.05) is 11.8 Å². The van der Waals surface area contributed by atoms with Crippen molar-refractivity contribution in [3.05, 3.63) is 46.1 Å². The van der Waals surface area contributed by atoms with Gasteiger partial charge in [-0.2, -0.15) is 0 Å². The first-order valence-corrected chi connectivity index (χ1v) is 9.98. The maximum absolute atomic E-state index is 13.2. The summed E-state index contributed by atoms with van der Waals surface area (Å²) in [7, 11) is 0. The summed E-state index contributed by atoms with van der Waals surface area (Å²) in [5.41, 5.74) is 1.54. The first-order chi connectivity index (χ1) is 12.5. The van der Waals surface area contributed by atoms with Crippen molar-refractivity contribution in [2.75, 3.05) is 11.1 Å². The highest BCUT2D eigenvalue weighted by Crippen LogP contribution is 2.40. The van der Waals surface area contributed by atoms with Crippen LogP contribution in [0, 0.1) is 18.6 Å². The van der Waals surface area contributed by atoms with E-state index in [1.54, 1.807) is 11.3 Å². The van der Waals surface area contributed by atoms with Crippen LogP contribution in [0.5, 0.6) is 0 Å². The van der Waals surface area contributed by atoms with Gasteiger partial charge < -0.3 is 5.32 Å². The summed E-state index contributed by atoms with van der Waals surface area (Å²) in [6, 6.07) is 3.29. The molecule has 26 heavy (non-hydrogen) atoms. The van der Waals surface area contributed by atoms with Crippen LogP contribution in [0.25, 0.3) is 10.2 Å². The van der Waals surface area contributed by atoms with Crippen molar-refractivity contribution < 1.29 is 13.6 Å². The molecular weight excluding hydrogens is 376 g/mol. The molecule has 1 amide bonds. The van der Waals surface area contributed by atoms with Gasteiger partial charge in [-0.3, -0.25) is 4.79 Å². The third-order valence-electron chi connectivity index (χ3n) is 4.19. The van der Waals surface area contributed by atoms with E-state index in [0.717, 1.165) is 46.6 Å². The molecule has 0 atom stereocenters. The van der Waals surface area contributed by atoms with E-state index in [2.05, 4.69) is 15.3 Å². The molecular formula is C18H15F2N3OS2. The molecule has 8 heteroatoms. The zero-order valence-corrected chi connectivity index (χ0v) is 15.6. The molecule has 1 N–H and O–H groups in total. The Morgan fingerprint density at radius 3 is 2.92 bits per heavy atom. The number of nitrogens with one attached hydrogen (secondary N) is 1. The van der Waals surface area contributed by atoms with Gasteiger partial charge >= 0.3 is 0 Å². The van der Waals surface area contributed by atoms with E-state index < -0.39 is 11.6 Å². The molecule has 134 valence electrons.